The second kappa shape index (κ2) is 5.28. The molecule has 1 saturated heterocycles. The van der Waals surface area contributed by atoms with Gasteiger partial charge in [0.05, 0.1) is 12.7 Å². The summed E-state index contributed by atoms with van der Waals surface area (Å²) in [6.45, 7) is 3.27. The molecule has 4 nitrogen and oxygen atoms in total. The van der Waals surface area contributed by atoms with Crippen molar-refractivity contribution < 1.29 is 14.3 Å². The maximum absolute atomic E-state index is 11.7. The molecule has 0 amide bonds. The number of Topliss-reactive ketones (excluding diaryl/α,β-unsaturated/α-hetero) is 1. The first-order chi connectivity index (χ1) is 8.51. The van der Waals surface area contributed by atoms with Gasteiger partial charge in [-0.15, -0.1) is 0 Å². The fraction of sp³-hybridized carbons (Fsp3) is 0.462. The number of rotatable bonds is 4. The summed E-state index contributed by atoms with van der Waals surface area (Å²) < 4.78 is 12.0. The molecular formula is C13H16BrNO3. The topological polar surface area (TPSA) is 38.8 Å². The average molecular weight is 314 g/mol. The predicted molar refractivity (Wildman–Crippen MR) is 72.6 cm³/mol. The third kappa shape index (κ3) is 2.67. The lowest BCUT2D eigenvalue weighted by Gasteiger charge is -2.36. The van der Waals surface area contributed by atoms with Crippen LogP contribution in [-0.4, -0.2) is 44.0 Å². The molecule has 2 rings (SSSR count). The molecule has 0 saturated carbocycles. The molecule has 0 N–H and O–H groups in total. The van der Waals surface area contributed by atoms with Crippen molar-refractivity contribution in [2.45, 2.75) is 13.0 Å². The second-order valence-corrected chi connectivity index (χ2v) is 5.42. The molecule has 1 aromatic carbocycles. The van der Waals surface area contributed by atoms with Crippen LogP contribution in [0.5, 0.6) is 11.5 Å². The SMILES string of the molecule is COc1cc(Br)cc(C(C)=O)c1OC1CN(C)C1. The van der Waals surface area contributed by atoms with E-state index in [-0.39, 0.29) is 11.9 Å². The summed E-state index contributed by atoms with van der Waals surface area (Å²) in [6, 6.07) is 3.58. The maximum Gasteiger partial charge on any atom is 0.172 e. The fourth-order valence-electron chi connectivity index (χ4n) is 1.99. The number of likely N-dealkylation sites (N-methyl/N-ethyl adjacent to an activating group) is 1. The van der Waals surface area contributed by atoms with Crippen LogP contribution in [0.2, 0.25) is 0 Å². The highest BCUT2D eigenvalue weighted by Gasteiger charge is 2.28. The van der Waals surface area contributed by atoms with E-state index in [1.165, 1.54) is 6.92 Å². The Kier molecular flexibility index (Phi) is 3.92. The number of benzene rings is 1. The first-order valence-electron chi connectivity index (χ1n) is 5.75. The number of carbonyl (C=O) groups is 1. The zero-order valence-electron chi connectivity index (χ0n) is 10.7. The Bertz CT molecular complexity index is 470. The van der Waals surface area contributed by atoms with E-state index in [1.807, 2.05) is 13.1 Å². The largest absolute Gasteiger partial charge is 0.493 e. The maximum atomic E-state index is 11.7. The zero-order valence-corrected chi connectivity index (χ0v) is 12.3. The van der Waals surface area contributed by atoms with Crippen LogP contribution in [0.1, 0.15) is 17.3 Å². The molecule has 0 aromatic heterocycles. The Balaban J connectivity index is 2.32. The Morgan fingerprint density at radius 3 is 2.61 bits per heavy atom. The van der Waals surface area contributed by atoms with E-state index in [1.54, 1.807) is 13.2 Å². The van der Waals surface area contributed by atoms with Crippen LogP contribution in [0.25, 0.3) is 0 Å². The molecule has 18 heavy (non-hydrogen) atoms. The van der Waals surface area contributed by atoms with Crippen molar-refractivity contribution in [3.05, 3.63) is 22.2 Å². The Labute approximate surface area is 115 Å². The fourth-order valence-corrected chi connectivity index (χ4v) is 2.42. The van der Waals surface area contributed by atoms with Crippen molar-refractivity contribution in [2.24, 2.45) is 0 Å². The Morgan fingerprint density at radius 2 is 2.11 bits per heavy atom. The van der Waals surface area contributed by atoms with Crippen molar-refractivity contribution >= 4 is 21.7 Å². The molecule has 1 fully saturated rings. The summed E-state index contributed by atoms with van der Waals surface area (Å²) >= 11 is 3.37. The number of hydrogen-bond acceptors (Lipinski definition) is 4. The molecule has 1 aliphatic rings. The third-order valence-corrected chi connectivity index (χ3v) is 3.39. The summed E-state index contributed by atoms with van der Waals surface area (Å²) in [5.41, 5.74) is 0.552. The van der Waals surface area contributed by atoms with Crippen LogP contribution in [0.4, 0.5) is 0 Å². The molecular weight excluding hydrogens is 298 g/mol. The van der Waals surface area contributed by atoms with Gasteiger partial charge in [0, 0.05) is 17.6 Å². The van der Waals surface area contributed by atoms with Gasteiger partial charge in [0.15, 0.2) is 17.3 Å². The van der Waals surface area contributed by atoms with Crippen molar-refractivity contribution in [3.8, 4) is 11.5 Å². The monoisotopic (exact) mass is 313 g/mol. The Morgan fingerprint density at radius 1 is 1.44 bits per heavy atom. The highest BCUT2D eigenvalue weighted by Crippen LogP contribution is 2.36. The van der Waals surface area contributed by atoms with Crippen molar-refractivity contribution in [1.82, 2.24) is 4.90 Å². The normalized spacial score (nSPS) is 16.2. The minimum Gasteiger partial charge on any atom is -0.493 e. The highest BCUT2D eigenvalue weighted by atomic mass is 79.9. The quantitative estimate of drug-likeness (QED) is 0.800. The average Bonchev–Trinajstić information content (AvgIpc) is 2.28. The number of halogens is 1. The lowest BCUT2D eigenvalue weighted by molar-refractivity contribution is 0.0362. The van der Waals surface area contributed by atoms with Crippen molar-refractivity contribution in [3.63, 3.8) is 0 Å². The van der Waals surface area contributed by atoms with Crippen LogP contribution in [0.3, 0.4) is 0 Å². The molecule has 98 valence electrons. The van der Waals surface area contributed by atoms with Gasteiger partial charge in [-0.25, -0.2) is 0 Å². The standard InChI is InChI=1S/C13H16BrNO3/c1-8(16)11-4-9(14)5-12(17-3)13(11)18-10-6-15(2)7-10/h4-5,10H,6-7H2,1-3H3. The van der Waals surface area contributed by atoms with Gasteiger partial charge < -0.3 is 9.47 Å². The van der Waals surface area contributed by atoms with Gasteiger partial charge in [-0.3, -0.25) is 9.69 Å². The predicted octanol–water partition coefficient (Wildman–Crippen LogP) is 2.35. The van der Waals surface area contributed by atoms with Crippen molar-refractivity contribution in [2.75, 3.05) is 27.2 Å². The lowest BCUT2D eigenvalue weighted by atomic mass is 10.1. The molecule has 0 spiro atoms. The summed E-state index contributed by atoms with van der Waals surface area (Å²) in [5, 5.41) is 0. The number of nitrogens with zero attached hydrogens (tertiary/aromatic N) is 1. The smallest absolute Gasteiger partial charge is 0.172 e. The Hall–Kier alpha value is -1.07. The van der Waals surface area contributed by atoms with Gasteiger partial charge in [0.25, 0.3) is 0 Å². The third-order valence-electron chi connectivity index (χ3n) is 2.93. The van der Waals surface area contributed by atoms with Gasteiger partial charge in [0.2, 0.25) is 0 Å². The molecule has 0 unspecified atom stereocenters. The van der Waals surface area contributed by atoms with Gasteiger partial charge >= 0.3 is 0 Å². The minimum atomic E-state index is -0.0303. The van der Waals surface area contributed by atoms with E-state index in [9.17, 15) is 4.79 Å². The number of ketones is 1. The van der Waals surface area contributed by atoms with E-state index in [2.05, 4.69) is 20.8 Å². The van der Waals surface area contributed by atoms with Gasteiger partial charge in [0.1, 0.15) is 6.10 Å². The molecule has 5 heteroatoms. The van der Waals surface area contributed by atoms with Gasteiger partial charge in [-0.2, -0.15) is 0 Å². The second-order valence-electron chi connectivity index (χ2n) is 4.50. The van der Waals surface area contributed by atoms with Crippen LogP contribution in [0.15, 0.2) is 16.6 Å². The molecule has 0 bridgehead atoms. The number of likely N-dealkylation sites (tertiary alicyclic amines) is 1. The summed E-state index contributed by atoms with van der Waals surface area (Å²) in [7, 11) is 3.61. The number of carbonyl (C=O) groups excluding carboxylic acids is 1. The zero-order chi connectivity index (χ0) is 13.3. The van der Waals surface area contributed by atoms with E-state index >= 15 is 0 Å². The van der Waals surface area contributed by atoms with Crippen LogP contribution >= 0.6 is 15.9 Å². The van der Waals surface area contributed by atoms with Crippen LogP contribution in [-0.2, 0) is 0 Å². The number of methoxy groups -OCH3 is 1. The molecule has 0 radical (unpaired) electrons. The molecule has 0 aliphatic carbocycles. The number of ether oxygens (including phenoxy) is 2. The van der Waals surface area contributed by atoms with Gasteiger partial charge in [-0.05, 0) is 26.1 Å². The molecule has 1 aromatic rings. The van der Waals surface area contributed by atoms with E-state index in [4.69, 9.17) is 9.47 Å². The molecule has 1 aliphatic heterocycles. The summed E-state index contributed by atoms with van der Waals surface area (Å²) in [6.07, 6.45) is 0.128. The first-order valence-corrected chi connectivity index (χ1v) is 6.54. The summed E-state index contributed by atoms with van der Waals surface area (Å²) in [4.78, 5) is 13.8. The van der Waals surface area contributed by atoms with Crippen LogP contribution in [0, 0.1) is 0 Å². The van der Waals surface area contributed by atoms with Gasteiger partial charge in [-0.1, -0.05) is 15.9 Å². The van der Waals surface area contributed by atoms with Crippen molar-refractivity contribution in [1.29, 1.82) is 0 Å². The molecule has 1 heterocycles. The minimum absolute atomic E-state index is 0.0303. The van der Waals surface area contributed by atoms with E-state index in [0.717, 1.165) is 17.6 Å². The summed E-state index contributed by atoms with van der Waals surface area (Å²) in [5.74, 6) is 1.10. The molecule has 0 atom stereocenters. The highest BCUT2D eigenvalue weighted by molar-refractivity contribution is 9.10. The lowest BCUT2D eigenvalue weighted by Crippen LogP contribution is -2.51. The van der Waals surface area contributed by atoms with E-state index < -0.39 is 0 Å². The van der Waals surface area contributed by atoms with Crippen LogP contribution < -0.4 is 9.47 Å². The van der Waals surface area contributed by atoms with E-state index in [0.29, 0.717) is 17.1 Å². The first kappa shape index (κ1) is 13.4. The number of hydrogen-bond donors (Lipinski definition) is 0.